The second-order valence-electron chi connectivity index (χ2n) is 4.49. The number of allylic oxidation sites excluding steroid dienone is 1. The Hall–Kier alpha value is -0.620. The van der Waals surface area contributed by atoms with Gasteiger partial charge in [0.2, 0.25) is 11.8 Å². The molecule has 1 aliphatic rings. The molecule has 0 fully saturated rings. The third-order valence-electron chi connectivity index (χ3n) is 2.84. The smallest absolute Gasteiger partial charge is 0.229 e. The summed E-state index contributed by atoms with van der Waals surface area (Å²) in [6.07, 6.45) is 6.51. The van der Waals surface area contributed by atoms with Gasteiger partial charge in [-0.2, -0.15) is 12.6 Å². The predicted molar refractivity (Wildman–Crippen MR) is 83.5 cm³/mol. The summed E-state index contributed by atoms with van der Waals surface area (Å²) < 4.78 is 0. The van der Waals surface area contributed by atoms with Crippen LogP contribution in [0, 0.1) is 0 Å². The number of thiol groups is 1. The second-order valence-corrected chi connectivity index (χ2v) is 6.02. The lowest BCUT2D eigenvalue weighted by Crippen LogP contribution is -2.29. The molecular formula is C13H22N2O2S2. The Kier molecular flexibility index (Phi) is 8.82. The first-order valence-electron chi connectivity index (χ1n) is 6.67. The number of carbonyl (C=O) groups excluding carboxylic acids is 2. The highest BCUT2D eigenvalue weighted by Gasteiger charge is 2.11. The third kappa shape index (κ3) is 8.21. The minimum Gasteiger partial charge on any atom is -0.355 e. The molecule has 0 aromatic carbocycles. The standard InChI is InChI=1S/C13H22N2O2S2/c16-12(15-9-11-5-4-8-19-11)6-2-1-3-7-14-13(17)10-18/h4,8,11,18H,1-3,5-7,9-10H2,(H,14,17)(H,15,16). The Bertz CT molecular complexity index is 314. The van der Waals surface area contributed by atoms with Crippen molar-refractivity contribution in [3.8, 4) is 0 Å². The van der Waals surface area contributed by atoms with E-state index in [1.54, 1.807) is 11.8 Å². The fourth-order valence-electron chi connectivity index (χ4n) is 1.75. The van der Waals surface area contributed by atoms with E-state index in [4.69, 9.17) is 0 Å². The predicted octanol–water partition coefficient (Wildman–Crippen LogP) is 1.73. The lowest BCUT2D eigenvalue weighted by molar-refractivity contribution is -0.121. The highest BCUT2D eigenvalue weighted by Crippen LogP contribution is 2.22. The summed E-state index contributed by atoms with van der Waals surface area (Å²) in [7, 11) is 0. The number of amides is 2. The number of hydrogen-bond donors (Lipinski definition) is 3. The van der Waals surface area contributed by atoms with Gasteiger partial charge in [-0.05, 0) is 24.7 Å². The minimum atomic E-state index is -0.0382. The lowest BCUT2D eigenvalue weighted by Gasteiger charge is -2.10. The van der Waals surface area contributed by atoms with Crippen LogP contribution in [-0.4, -0.2) is 35.9 Å². The van der Waals surface area contributed by atoms with E-state index in [9.17, 15) is 9.59 Å². The zero-order chi connectivity index (χ0) is 13.9. The molecule has 6 heteroatoms. The molecule has 0 radical (unpaired) electrons. The van der Waals surface area contributed by atoms with Gasteiger partial charge in [0.1, 0.15) is 0 Å². The van der Waals surface area contributed by atoms with Crippen LogP contribution < -0.4 is 10.6 Å². The van der Waals surface area contributed by atoms with E-state index >= 15 is 0 Å². The van der Waals surface area contributed by atoms with Gasteiger partial charge in [-0.25, -0.2) is 0 Å². The molecule has 1 atom stereocenters. The van der Waals surface area contributed by atoms with Gasteiger partial charge in [0, 0.05) is 24.8 Å². The molecular weight excluding hydrogens is 280 g/mol. The molecule has 1 rings (SSSR count). The van der Waals surface area contributed by atoms with E-state index in [0.717, 1.165) is 32.2 Å². The van der Waals surface area contributed by atoms with Crippen LogP contribution >= 0.6 is 24.4 Å². The summed E-state index contributed by atoms with van der Waals surface area (Å²) in [6, 6.07) is 0. The van der Waals surface area contributed by atoms with Crippen molar-refractivity contribution in [2.45, 2.75) is 37.4 Å². The number of hydrogen-bond acceptors (Lipinski definition) is 4. The number of carbonyl (C=O) groups is 2. The maximum absolute atomic E-state index is 11.6. The molecule has 108 valence electrons. The molecule has 0 aromatic rings. The first-order chi connectivity index (χ1) is 9.22. The molecule has 0 aromatic heterocycles. The van der Waals surface area contributed by atoms with Gasteiger partial charge in [0.15, 0.2) is 0 Å². The Labute approximate surface area is 124 Å². The summed E-state index contributed by atoms with van der Waals surface area (Å²) in [5.74, 6) is 0.326. The average molecular weight is 302 g/mol. The minimum absolute atomic E-state index is 0.0382. The molecule has 1 heterocycles. The topological polar surface area (TPSA) is 58.2 Å². The third-order valence-corrected chi connectivity index (χ3v) is 4.22. The zero-order valence-electron chi connectivity index (χ0n) is 11.1. The number of nitrogens with one attached hydrogen (secondary N) is 2. The van der Waals surface area contributed by atoms with Crippen molar-refractivity contribution in [2.75, 3.05) is 18.8 Å². The molecule has 0 saturated heterocycles. The van der Waals surface area contributed by atoms with Crippen LogP contribution in [0.2, 0.25) is 0 Å². The van der Waals surface area contributed by atoms with Crippen LogP contribution in [-0.2, 0) is 9.59 Å². The molecule has 2 amide bonds. The molecule has 4 nitrogen and oxygen atoms in total. The SMILES string of the molecule is O=C(CS)NCCCCCC(=O)NCC1CC=CS1. The lowest BCUT2D eigenvalue weighted by atomic mass is 10.2. The highest BCUT2D eigenvalue weighted by molar-refractivity contribution is 8.03. The fourth-order valence-corrected chi connectivity index (χ4v) is 2.71. The molecule has 0 aliphatic carbocycles. The highest BCUT2D eigenvalue weighted by atomic mass is 32.2. The Morgan fingerprint density at radius 3 is 2.74 bits per heavy atom. The Morgan fingerprint density at radius 1 is 1.21 bits per heavy atom. The van der Waals surface area contributed by atoms with E-state index in [-0.39, 0.29) is 17.6 Å². The van der Waals surface area contributed by atoms with Crippen LogP contribution in [0.4, 0.5) is 0 Å². The quantitative estimate of drug-likeness (QED) is 0.449. The average Bonchev–Trinajstić information content (AvgIpc) is 2.93. The first kappa shape index (κ1) is 16.4. The van der Waals surface area contributed by atoms with Gasteiger partial charge in [-0.15, -0.1) is 11.8 Å². The van der Waals surface area contributed by atoms with Gasteiger partial charge in [-0.3, -0.25) is 9.59 Å². The van der Waals surface area contributed by atoms with E-state index in [1.807, 2.05) is 0 Å². The monoisotopic (exact) mass is 302 g/mol. The van der Waals surface area contributed by atoms with Gasteiger partial charge in [0.25, 0.3) is 0 Å². The van der Waals surface area contributed by atoms with Gasteiger partial charge < -0.3 is 10.6 Å². The molecule has 0 bridgehead atoms. The zero-order valence-corrected chi connectivity index (χ0v) is 12.8. The molecule has 1 unspecified atom stereocenters. The number of rotatable bonds is 9. The molecule has 1 aliphatic heterocycles. The van der Waals surface area contributed by atoms with Crippen molar-refractivity contribution >= 4 is 36.2 Å². The van der Waals surface area contributed by atoms with E-state index < -0.39 is 0 Å². The Balaban J connectivity index is 1.88. The molecule has 2 N–H and O–H groups in total. The van der Waals surface area contributed by atoms with Crippen molar-refractivity contribution in [3.05, 3.63) is 11.5 Å². The van der Waals surface area contributed by atoms with Crippen LogP contribution in [0.15, 0.2) is 11.5 Å². The number of unbranched alkanes of at least 4 members (excludes halogenated alkanes) is 2. The Morgan fingerprint density at radius 2 is 2.05 bits per heavy atom. The second kappa shape index (κ2) is 10.2. The van der Waals surface area contributed by atoms with Crippen molar-refractivity contribution in [1.82, 2.24) is 10.6 Å². The molecule has 0 saturated carbocycles. The van der Waals surface area contributed by atoms with Crippen LogP contribution in [0.25, 0.3) is 0 Å². The van der Waals surface area contributed by atoms with Gasteiger partial charge in [0.05, 0.1) is 5.75 Å². The number of thioether (sulfide) groups is 1. The van der Waals surface area contributed by atoms with Crippen LogP contribution in [0.3, 0.4) is 0 Å². The van der Waals surface area contributed by atoms with Gasteiger partial charge in [-0.1, -0.05) is 12.5 Å². The van der Waals surface area contributed by atoms with Crippen molar-refractivity contribution in [1.29, 1.82) is 0 Å². The van der Waals surface area contributed by atoms with Crippen molar-refractivity contribution in [3.63, 3.8) is 0 Å². The fraction of sp³-hybridized carbons (Fsp3) is 0.692. The van der Waals surface area contributed by atoms with Gasteiger partial charge >= 0.3 is 0 Å². The molecule has 0 spiro atoms. The normalized spacial score (nSPS) is 17.4. The van der Waals surface area contributed by atoms with Crippen molar-refractivity contribution < 1.29 is 9.59 Å². The van der Waals surface area contributed by atoms with E-state index in [1.165, 1.54) is 0 Å². The van der Waals surface area contributed by atoms with Crippen LogP contribution in [0.5, 0.6) is 0 Å². The summed E-state index contributed by atoms with van der Waals surface area (Å²) in [5, 5.41) is 8.33. The van der Waals surface area contributed by atoms with Crippen LogP contribution in [0.1, 0.15) is 32.1 Å². The largest absolute Gasteiger partial charge is 0.355 e. The molecule has 19 heavy (non-hydrogen) atoms. The summed E-state index contributed by atoms with van der Waals surface area (Å²) in [4.78, 5) is 22.5. The summed E-state index contributed by atoms with van der Waals surface area (Å²) >= 11 is 5.66. The first-order valence-corrected chi connectivity index (χ1v) is 8.24. The van der Waals surface area contributed by atoms with E-state index in [2.05, 4.69) is 34.7 Å². The van der Waals surface area contributed by atoms with E-state index in [0.29, 0.717) is 18.2 Å². The summed E-state index contributed by atoms with van der Waals surface area (Å²) in [5.41, 5.74) is 0. The summed E-state index contributed by atoms with van der Waals surface area (Å²) in [6.45, 7) is 1.43. The van der Waals surface area contributed by atoms with Crippen molar-refractivity contribution in [2.24, 2.45) is 0 Å². The maximum Gasteiger partial charge on any atom is 0.229 e. The maximum atomic E-state index is 11.6.